The predicted molar refractivity (Wildman–Crippen MR) is 83.7 cm³/mol. The molecule has 2 rings (SSSR count). The summed E-state index contributed by atoms with van der Waals surface area (Å²) in [6, 6.07) is 1.94. The number of carbonyl (C=O) groups is 2. The van der Waals surface area contributed by atoms with E-state index >= 15 is 0 Å². The summed E-state index contributed by atoms with van der Waals surface area (Å²) in [6.45, 7) is 5.19. The molecule has 0 N–H and O–H groups in total. The maximum absolute atomic E-state index is 14.0. The fraction of sp³-hybridized carbons (Fsp3) is 0.500. The van der Waals surface area contributed by atoms with Gasteiger partial charge in [0, 0.05) is 12.1 Å². The largest absolute Gasteiger partial charge is 0.460 e. The topological polar surface area (TPSA) is 46.6 Å². The van der Waals surface area contributed by atoms with Crippen molar-refractivity contribution in [3.8, 4) is 0 Å². The highest BCUT2D eigenvalue weighted by Gasteiger charge is 2.36. The zero-order chi connectivity index (χ0) is 18.1. The summed E-state index contributed by atoms with van der Waals surface area (Å²) >= 11 is 1.10. The SMILES string of the molecule is CC(C)(C)OC(=O)CCN1C(=O)CSC1c1ccc(F)c(F)c1F. The molecule has 1 aliphatic rings. The molecule has 0 radical (unpaired) electrons. The number of rotatable bonds is 4. The molecule has 0 bridgehead atoms. The summed E-state index contributed by atoms with van der Waals surface area (Å²) in [7, 11) is 0. The standard InChI is InChI=1S/C16H18F3NO3S/c1-16(2,3)23-12(22)6-7-20-11(21)8-24-15(20)9-4-5-10(17)14(19)13(9)18/h4-5,15H,6-8H2,1-3H3. The fourth-order valence-electron chi connectivity index (χ4n) is 2.29. The lowest BCUT2D eigenvalue weighted by atomic mass is 10.1. The summed E-state index contributed by atoms with van der Waals surface area (Å²) in [5.74, 6) is -4.87. The van der Waals surface area contributed by atoms with Gasteiger partial charge in [0.2, 0.25) is 5.91 Å². The van der Waals surface area contributed by atoms with Crippen molar-refractivity contribution in [3.05, 3.63) is 35.1 Å². The average Bonchev–Trinajstić information content (AvgIpc) is 2.82. The van der Waals surface area contributed by atoms with E-state index < -0.39 is 34.4 Å². The van der Waals surface area contributed by atoms with E-state index in [-0.39, 0.29) is 30.2 Å². The van der Waals surface area contributed by atoms with E-state index in [1.165, 1.54) is 4.90 Å². The van der Waals surface area contributed by atoms with Gasteiger partial charge in [0.25, 0.3) is 0 Å². The summed E-state index contributed by atoms with van der Waals surface area (Å²) in [5, 5.41) is -0.796. The Morgan fingerprint density at radius 3 is 2.58 bits per heavy atom. The van der Waals surface area contributed by atoms with Gasteiger partial charge < -0.3 is 9.64 Å². The van der Waals surface area contributed by atoms with Crippen LogP contribution < -0.4 is 0 Å². The minimum atomic E-state index is -1.57. The second kappa shape index (κ2) is 7.04. The third-order valence-corrected chi connectivity index (χ3v) is 4.51. The highest BCUT2D eigenvalue weighted by molar-refractivity contribution is 8.00. The van der Waals surface area contributed by atoms with Gasteiger partial charge in [0.05, 0.1) is 12.2 Å². The Bertz CT molecular complexity index is 661. The Kier molecular flexibility index (Phi) is 5.47. The van der Waals surface area contributed by atoms with Crippen LogP contribution in [0.3, 0.4) is 0 Å². The first-order valence-corrected chi connectivity index (χ1v) is 8.41. The normalized spacial score (nSPS) is 18.2. The predicted octanol–water partition coefficient (Wildman–Crippen LogP) is 3.41. The fourth-order valence-corrected chi connectivity index (χ4v) is 3.52. The number of thioether (sulfide) groups is 1. The minimum absolute atomic E-state index is 0.0177. The van der Waals surface area contributed by atoms with Crippen molar-refractivity contribution in [2.45, 2.75) is 38.2 Å². The summed E-state index contributed by atoms with van der Waals surface area (Å²) < 4.78 is 45.6. The van der Waals surface area contributed by atoms with Crippen LogP contribution in [-0.4, -0.2) is 34.7 Å². The molecule has 0 saturated carbocycles. The Labute approximate surface area is 142 Å². The molecule has 0 aromatic heterocycles. The molecule has 132 valence electrons. The molecule has 0 aliphatic carbocycles. The van der Waals surface area contributed by atoms with Gasteiger partial charge in [0.15, 0.2) is 17.5 Å². The van der Waals surface area contributed by atoms with E-state index in [0.29, 0.717) is 0 Å². The number of esters is 1. The molecule has 1 saturated heterocycles. The molecule has 1 heterocycles. The molecular formula is C16H18F3NO3S. The monoisotopic (exact) mass is 361 g/mol. The maximum atomic E-state index is 14.0. The van der Waals surface area contributed by atoms with Crippen LogP contribution in [0, 0.1) is 17.5 Å². The Morgan fingerprint density at radius 2 is 1.96 bits per heavy atom. The van der Waals surface area contributed by atoms with Crippen molar-refractivity contribution >= 4 is 23.6 Å². The van der Waals surface area contributed by atoms with Crippen molar-refractivity contribution in [3.63, 3.8) is 0 Å². The number of benzene rings is 1. The molecule has 1 unspecified atom stereocenters. The molecule has 1 aliphatic heterocycles. The third-order valence-electron chi connectivity index (χ3n) is 3.28. The van der Waals surface area contributed by atoms with Gasteiger partial charge in [-0.1, -0.05) is 6.07 Å². The van der Waals surface area contributed by atoms with E-state index in [4.69, 9.17) is 4.74 Å². The van der Waals surface area contributed by atoms with Crippen LogP contribution in [0.2, 0.25) is 0 Å². The first-order valence-electron chi connectivity index (χ1n) is 7.36. The maximum Gasteiger partial charge on any atom is 0.308 e. The number of ether oxygens (including phenoxy) is 1. The van der Waals surface area contributed by atoms with Crippen LogP contribution in [0.5, 0.6) is 0 Å². The second-order valence-corrected chi connectivity index (χ2v) is 7.42. The van der Waals surface area contributed by atoms with Crippen molar-refractivity contribution in [2.75, 3.05) is 12.3 Å². The van der Waals surface area contributed by atoms with Crippen LogP contribution >= 0.6 is 11.8 Å². The van der Waals surface area contributed by atoms with Gasteiger partial charge in [-0.25, -0.2) is 13.2 Å². The number of hydrogen-bond acceptors (Lipinski definition) is 4. The zero-order valence-corrected chi connectivity index (χ0v) is 14.4. The Hall–Kier alpha value is -1.70. The first kappa shape index (κ1) is 18.6. The van der Waals surface area contributed by atoms with Crippen LogP contribution in [0.4, 0.5) is 13.2 Å². The molecule has 4 nitrogen and oxygen atoms in total. The molecule has 1 aromatic carbocycles. The van der Waals surface area contributed by atoms with Gasteiger partial charge in [-0.05, 0) is 26.8 Å². The first-order chi connectivity index (χ1) is 11.1. The number of carbonyl (C=O) groups excluding carboxylic acids is 2. The average molecular weight is 361 g/mol. The summed E-state index contributed by atoms with van der Waals surface area (Å²) in [4.78, 5) is 25.0. The Morgan fingerprint density at radius 1 is 1.29 bits per heavy atom. The summed E-state index contributed by atoms with van der Waals surface area (Å²) in [5.41, 5.74) is -0.763. The molecule has 8 heteroatoms. The van der Waals surface area contributed by atoms with Crippen LogP contribution in [-0.2, 0) is 14.3 Å². The lowest BCUT2D eigenvalue weighted by Gasteiger charge is -2.25. The molecule has 1 amide bonds. The lowest BCUT2D eigenvalue weighted by Crippen LogP contribution is -2.32. The van der Waals surface area contributed by atoms with Crippen molar-refractivity contribution < 1.29 is 27.5 Å². The van der Waals surface area contributed by atoms with Gasteiger partial charge in [-0.15, -0.1) is 11.8 Å². The van der Waals surface area contributed by atoms with Crippen LogP contribution in [0.25, 0.3) is 0 Å². The van der Waals surface area contributed by atoms with Crippen LogP contribution in [0.1, 0.15) is 38.1 Å². The minimum Gasteiger partial charge on any atom is -0.460 e. The van der Waals surface area contributed by atoms with E-state index in [1.807, 2.05) is 0 Å². The van der Waals surface area contributed by atoms with Crippen molar-refractivity contribution in [1.29, 1.82) is 0 Å². The van der Waals surface area contributed by atoms with E-state index in [0.717, 1.165) is 23.9 Å². The zero-order valence-electron chi connectivity index (χ0n) is 13.6. The lowest BCUT2D eigenvalue weighted by molar-refractivity contribution is -0.155. The Balaban J connectivity index is 2.13. The van der Waals surface area contributed by atoms with Gasteiger partial charge in [-0.2, -0.15) is 0 Å². The number of halogens is 3. The second-order valence-electron chi connectivity index (χ2n) is 6.35. The quantitative estimate of drug-likeness (QED) is 0.609. The molecule has 1 atom stereocenters. The van der Waals surface area contributed by atoms with Crippen molar-refractivity contribution in [1.82, 2.24) is 4.90 Å². The molecule has 1 aromatic rings. The van der Waals surface area contributed by atoms with E-state index in [1.54, 1.807) is 20.8 Å². The summed E-state index contributed by atoms with van der Waals surface area (Å²) in [6.07, 6.45) is -0.0641. The van der Waals surface area contributed by atoms with Gasteiger partial charge in [0.1, 0.15) is 11.0 Å². The third kappa shape index (κ3) is 4.23. The molecule has 1 fully saturated rings. The number of hydrogen-bond donors (Lipinski definition) is 0. The van der Waals surface area contributed by atoms with Gasteiger partial charge in [-0.3, -0.25) is 9.59 Å². The molecule has 24 heavy (non-hydrogen) atoms. The van der Waals surface area contributed by atoms with Crippen molar-refractivity contribution in [2.24, 2.45) is 0 Å². The number of nitrogens with zero attached hydrogens (tertiary/aromatic N) is 1. The molecular weight excluding hydrogens is 343 g/mol. The highest BCUT2D eigenvalue weighted by atomic mass is 32.2. The molecule has 0 spiro atoms. The highest BCUT2D eigenvalue weighted by Crippen LogP contribution is 2.40. The number of amides is 1. The van der Waals surface area contributed by atoms with Crippen LogP contribution in [0.15, 0.2) is 12.1 Å². The van der Waals surface area contributed by atoms with Gasteiger partial charge >= 0.3 is 5.97 Å². The van der Waals surface area contributed by atoms with E-state index in [9.17, 15) is 22.8 Å². The van der Waals surface area contributed by atoms with E-state index in [2.05, 4.69) is 0 Å². The smallest absolute Gasteiger partial charge is 0.308 e.